The van der Waals surface area contributed by atoms with Crippen molar-refractivity contribution in [2.45, 2.75) is 32.1 Å². The lowest BCUT2D eigenvalue weighted by Gasteiger charge is -2.18. The van der Waals surface area contributed by atoms with Crippen molar-refractivity contribution in [2.24, 2.45) is 7.05 Å². The molecule has 2 atom stereocenters. The predicted molar refractivity (Wildman–Crippen MR) is 91.5 cm³/mol. The van der Waals surface area contributed by atoms with Gasteiger partial charge in [0.1, 0.15) is 5.82 Å². The molecular formula is C16H20ClN3S. The minimum Gasteiger partial charge on any atom is -0.367 e. The molecule has 5 heteroatoms. The van der Waals surface area contributed by atoms with Crippen LogP contribution in [0.4, 0.5) is 5.82 Å². The van der Waals surface area contributed by atoms with Crippen LogP contribution in [0.1, 0.15) is 34.6 Å². The summed E-state index contributed by atoms with van der Waals surface area (Å²) < 4.78 is 1.96. The second-order valence-corrected chi connectivity index (χ2v) is 7.31. The van der Waals surface area contributed by atoms with E-state index in [-0.39, 0.29) is 0 Å². The molecule has 1 N–H and O–H groups in total. The average Bonchev–Trinajstić information content (AvgIpc) is 2.59. The van der Waals surface area contributed by atoms with Crippen molar-refractivity contribution >= 4 is 29.2 Å². The minimum atomic E-state index is 0.309. The smallest absolute Gasteiger partial charge is 0.129 e. The third-order valence-corrected chi connectivity index (χ3v) is 5.69. The van der Waals surface area contributed by atoms with E-state index < -0.39 is 0 Å². The fourth-order valence-corrected chi connectivity index (χ4v) is 4.62. The van der Waals surface area contributed by atoms with E-state index in [0.717, 1.165) is 22.3 Å². The summed E-state index contributed by atoms with van der Waals surface area (Å²) >= 11 is 8.09. The molecule has 2 aromatic rings. The van der Waals surface area contributed by atoms with Crippen LogP contribution in [0.2, 0.25) is 5.02 Å². The molecule has 3 rings (SSSR count). The lowest BCUT2D eigenvalue weighted by atomic mass is 9.99. The zero-order valence-electron chi connectivity index (χ0n) is 12.8. The van der Waals surface area contributed by atoms with Gasteiger partial charge in [-0.2, -0.15) is 5.10 Å². The summed E-state index contributed by atoms with van der Waals surface area (Å²) in [6.45, 7) is 6.44. The number of nitrogens with one attached hydrogen (secondary N) is 1. The number of fused-ring (bicyclic) bond motifs is 1. The van der Waals surface area contributed by atoms with Gasteiger partial charge in [-0.1, -0.05) is 17.7 Å². The number of halogens is 1. The summed E-state index contributed by atoms with van der Waals surface area (Å²) in [5, 5.41) is 9.31. The fourth-order valence-electron chi connectivity index (χ4n) is 2.94. The number of rotatable bonds is 1. The van der Waals surface area contributed by atoms with E-state index in [1.807, 2.05) is 35.6 Å². The Bertz CT molecular complexity index is 680. The molecule has 1 aromatic carbocycles. The first-order valence-electron chi connectivity index (χ1n) is 7.15. The molecule has 0 radical (unpaired) electrons. The molecule has 0 unspecified atom stereocenters. The van der Waals surface area contributed by atoms with Crippen molar-refractivity contribution in [2.75, 3.05) is 11.1 Å². The third-order valence-electron chi connectivity index (χ3n) is 3.94. The molecule has 0 bridgehead atoms. The van der Waals surface area contributed by atoms with Gasteiger partial charge in [0.15, 0.2) is 0 Å². The van der Waals surface area contributed by atoms with Crippen molar-refractivity contribution in [3.63, 3.8) is 0 Å². The van der Waals surface area contributed by atoms with Gasteiger partial charge in [0.2, 0.25) is 0 Å². The van der Waals surface area contributed by atoms with E-state index in [1.54, 1.807) is 0 Å². The van der Waals surface area contributed by atoms with Crippen LogP contribution in [0.5, 0.6) is 0 Å². The summed E-state index contributed by atoms with van der Waals surface area (Å²) in [7, 11) is 2.01. The third kappa shape index (κ3) is 2.67. The number of nitrogens with zero attached hydrogens (tertiary/aromatic N) is 2. The Morgan fingerprint density at radius 1 is 1.38 bits per heavy atom. The van der Waals surface area contributed by atoms with E-state index in [1.165, 1.54) is 16.7 Å². The van der Waals surface area contributed by atoms with Gasteiger partial charge in [0.05, 0.1) is 10.9 Å². The van der Waals surface area contributed by atoms with E-state index in [2.05, 4.69) is 37.3 Å². The van der Waals surface area contributed by atoms with Crippen LogP contribution in [-0.4, -0.2) is 21.6 Å². The lowest BCUT2D eigenvalue weighted by molar-refractivity contribution is 0.747. The Morgan fingerprint density at radius 2 is 2.14 bits per heavy atom. The Hall–Kier alpha value is -1.13. The molecule has 21 heavy (non-hydrogen) atoms. The van der Waals surface area contributed by atoms with E-state index in [4.69, 9.17) is 11.6 Å². The van der Waals surface area contributed by atoms with E-state index in [9.17, 15) is 0 Å². The van der Waals surface area contributed by atoms with E-state index >= 15 is 0 Å². The Kier molecular flexibility index (Phi) is 3.93. The largest absolute Gasteiger partial charge is 0.367 e. The topological polar surface area (TPSA) is 29.9 Å². The minimum absolute atomic E-state index is 0.309. The molecule has 3 nitrogen and oxygen atoms in total. The quantitative estimate of drug-likeness (QED) is 0.848. The number of hydrogen-bond donors (Lipinski definition) is 1. The molecule has 2 heterocycles. The van der Waals surface area contributed by atoms with Gasteiger partial charge in [-0.15, -0.1) is 11.8 Å². The lowest BCUT2D eigenvalue weighted by Crippen LogP contribution is -2.18. The van der Waals surface area contributed by atoms with Gasteiger partial charge >= 0.3 is 0 Å². The first-order chi connectivity index (χ1) is 9.97. The van der Waals surface area contributed by atoms with E-state index in [0.29, 0.717) is 11.3 Å². The Labute approximate surface area is 135 Å². The normalized spacial score (nSPS) is 21.6. The van der Waals surface area contributed by atoms with Crippen molar-refractivity contribution in [3.8, 4) is 0 Å². The molecule has 0 saturated carbocycles. The molecule has 0 aliphatic carbocycles. The van der Waals surface area contributed by atoms with Crippen LogP contribution in [-0.2, 0) is 7.05 Å². The number of thioether (sulfide) groups is 1. The summed E-state index contributed by atoms with van der Waals surface area (Å²) in [5.41, 5.74) is 4.97. The monoisotopic (exact) mass is 321 g/mol. The number of hydrogen-bond acceptors (Lipinski definition) is 3. The Balaban J connectivity index is 2.15. The SMILES string of the molecule is Cc1cc(Cl)ccc1[C@@H]1SC[C@@H](C)Nc2c1c(C)nn2C. The standard InChI is InChI=1S/C16H20ClN3S/c1-9-7-12(17)5-6-13(9)15-14-11(3)19-20(4)16(14)18-10(2)8-21-15/h5-7,10,15,18H,8H2,1-4H3/t10-,15+/m1/s1. The van der Waals surface area contributed by atoms with Crippen molar-refractivity contribution in [3.05, 3.63) is 45.6 Å². The van der Waals surface area contributed by atoms with Gasteiger partial charge in [0.25, 0.3) is 0 Å². The second-order valence-electron chi connectivity index (χ2n) is 5.73. The first-order valence-corrected chi connectivity index (χ1v) is 8.57. The predicted octanol–water partition coefficient (Wildman–Crippen LogP) is 4.33. The van der Waals surface area contributed by atoms with Crippen LogP contribution in [0.25, 0.3) is 0 Å². The molecule has 0 amide bonds. The van der Waals surface area contributed by atoms with Crippen LogP contribution >= 0.6 is 23.4 Å². The highest BCUT2D eigenvalue weighted by molar-refractivity contribution is 7.99. The molecule has 112 valence electrons. The highest BCUT2D eigenvalue weighted by Gasteiger charge is 2.29. The van der Waals surface area contributed by atoms with Crippen LogP contribution in [0.15, 0.2) is 18.2 Å². The van der Waals surface area contributed by atoms with Crippen LogP contribution in [0.3, 0.4) is 0 Å². The van der Waals surface area contributed by atoms with Crippen molar-refractivity contribution in [1.29, 1.82) is 0 Å². The number of anilines is 1. The van der Waals surface area contributed by atoms with Gasteiger partial charge in [-0.05, 0) is 44.0 Å². The van der Waals surface area contributed by atoms with Gasteiger partial charge in [-0.3, -0.25) is 4.68 Å². The van der Waals surface area contributed by atoms with Crippen LogP contribution in [0, 0.1) is 13.8 Å². The molecule has 0 saturated heterocycles. The zero-order valence-corrected chi connectivity index (χ0v) is 14.3. The molecule has 0 fully saturated rings. The molecule has 0 spiro atoms. The highest BCUT2D eigenvalue weighted by Crippen LogP contribution is 2.44. The number of aryl methyl sites for hydroxylation is 3. The zero-order chi connectivity index (χ0) is 15.1. The van der Waals surface area contributed by atoms with Crippen LogP contribution < -0.4 is 5.32 Å². The first kappa shape index (κ1) is 14.8. The Morgan fingerprint density at radius 3 is 2.86 bits per heavy atom. The maximum absolute atomic E-state index is 6.11. The maximum atomic E-state index is 6.11. The maximum Gasteiger partial charge on any atom is 0.129 e. The summed E-state index contributed by atoms with van der Waals surface area (Å²) in [4.78, 5) is 0. The van der Waals surface area contributed by atoms with Gasteiger partial charge in [0, 0.05) is 29.4 Å². The van der Waals surface area contributed by atoms with Crippen molar-refractivity contribution in [1.82, 2.24) is 9.78 Å². The molecule has 1 aliphatic rings. The summed E-state index contributed by atoms with van der Waals surface area (Å²) in [6, 6.07) is 6.62. The highest BCUT2D eigenvalue weighted by atomic mass is 35.5. The summed E-state index contributed by atoms with van der Waals surface area (Å²) in [5.74, 6) is 2.21. The summed E-state index contributed by atoms with van der Waals surface area (Å²) in [6.07, 6.45) is 0. The van der Waals surface area contributed by atoms with Crippen molar-refractivity contribution < 1.29 is 0 Å². The molecule has 1 aromatic heterocycles. The molecule has 1 aliphatic heterocycles. The second kappa shape index (κ2) is 5.58. The number of aromatic nitrogens is 2. The average molecular weight is 322 g/mol. The fraction of sp³-hybridized carbons (Fsp3) is 0.438. The number of benzene rings is 1. The van der Waals surface area contributed by atoms with Gasteiger partial charge < -0.3 is 5.32 Å². The molecular weight excluding hydrogens is 302 g/mol. The van der Waals surface area contributed by atoms with Gasteiger partial charge in [-0.25, -0.2) is 0 Å².